The van der Waals surface area contributed by atoms with Crippen molar-refractivity contribution in [3.05, 3.63) is 35.4 Å². The number of hydrogen-bond donors (Lipinski definition) is 0. The van der Waals surface area contributed by atoms with Crippen LogP contribution in [0.2, 0.25) is 0 Å². The Morgan fingerprint density at radius 1 is 1.31 bits per heavy atom. The number of ether oxygens (including phenoxy) is 1. The first-order valence-electron chi connectivity index (χ1n) is 8.46. The third-order valence-corrected chi connectivity index (χ3v) is 6.83. The van der Waals surface area contributed by atoms with E-state index in [-0.39, 0.29) is 34.6 Å². The van der Waals surface area contributed by atoms with Gasteiger partial charge >= 0.3 is 0 Å². The molecule has 8 heteroatoms. The molecule has 1 saturated heterocycles. The maximum absolute atomic E-state index is 12.6. The molecule has 0 N–H and O–H groups in total. The van der Waals surface area contributed by atoms with Crippen LogP contribution in [0.5, 0.6) is 0 Å². The molecule has 0 aromatic heterocycles. The van der Waals surface area contributed by atoms with Crippen LogP contribution in [0.3, 0.4) is 0 Å². The van der Waals surface area contributed by atoms with Gasteiger partial charge in [0, 0.05) is 23.5 Å². The Labute approximate surface area is 166 Å². The monoisotopic (exact) mass is 409 g/mol. The van der Waals surface area contributed by atoms with Crippen molar-refractivity contribution in [3.63, 3.8) is 0 Å². The zero-order valence-electron chi connectivity index (χ0n) is 14.3. The minimum atomic E-state index is -0.286. The second kappa shape index (κ2) is 8.54. The van der Waals surface area contributed by atoms with Gasteiger partial charge in [0.25, 0.3) is 11.8 Å². The minimum absolute atomic E-state index is 0.0582. The van der Waals surface area contributed by atoms with Crippen LogP contribution < -0.4 is 0 Å². The van der Waals surface area contributed by atoms with Gasteiger partial charge in [0.1, 0.15) is 0 Å². The lowest BCUT2D eigenvalue weighted by atomic mass is 10.0. The van der Waals surface area contributed by atoms with Crippen LogP contribution in [0, 0.1) is 5.92 Å². The zero-order valence-corrected chi connectivity index (χ0v) is 16.8. The minimum Gasteiger partial charge on any atom is -0.479 e. The molecule has 2 amide bonds. The highest BCUT2D eigenvalue weighted by molar-refractivity contribution is 8.23. The summed E-state index contributed by atoms with van der Waals surface area (Å²) in [5, 5.41) is 0.0178. The maximum Gasteiger partial charge on any atom is 0.261 e. The first-order chi connectivity index (χ1) is 12.5. The Hall–Kier alpha value is -1.38. The first-order valence-corrected chi connectivity index (χ1v) is 10.7. The van der Waals surface area contributed by atoms with E-state index >= 15 is 0 Å². The Morgan fingerprint density at radius 3 is 2.50 bits per heavy atom. The normalized spacial score (nSPS) is 20.4. The number of thioether (sulfide) groups is 2. The number of carbonyl (C=O) groups is 3. The largest absolute Gasteiger partial charge is 0.479 e. The summed E-state index contributed by atoms with van der Waals surface area (Å²) in [6.45, 7) is 2.53. The predicted octanol–water partition coefficient (Wildman–Crippen LogP) is 3.38. The fraction of sp³-hybridized carbons (Fsp3) is 0.444. The lowest BCUT2D eigenvalue weighted by Gasteiger charge is -2.24. The Bertz CT molecular complexity index is 717. The molecule has 1 aromatic rings. The second-order valence-electron chi connectivity index (χ2n) is 6.08. The molecule has 26 heavy (non-hydrogen) atoms. The summed E-state index contributed by atoms with van der Waals surface area (Å²) in [4.78, 5) is 38.5. The van der Waals surface area contributed by atoms with E-state index < -0.39 is 0 Å². The molecule has 0 aliphatic carbocycles. The van der Waals surface area contributed by atoms with Gasteiger partial charge in [-0.3, -0.25) is 19.3 Å². The number of imide groups is 1. The number of fused-ring (bicyclic) bond motifs is 1. The summed E-state index contributed by atoms with van der Waals surface area (Å²) in [6, 6.07) is 6.83. The molecule has 2 unspecified atom stereocenters. The van der Waals surface area contributed by atoms with Crippen LogP contribution in [-0.4, -0.2) is 50.4 Å². The highest BCUT2D eigenvalue weighted by Gasteiger charge is 2.38. The van der Waals surface area contributed by atoms with Crippen molar-refractivity contribution in [2.45, 2.75) is 25.0 Å². The molecule has 2 aliphatic heterocycles. The highest BCUT2D eigenvalue weighted by Crippen LogP contribution is 2.34. The molecule has 0 spiro atoms. The molecule has 0 saturated carbocycles. The van der Waals surface area contributed by atoms with Gasteiger partial charge < -0.3 is 4.74 Å². The van der Waals surface area contributed by atoms with Crippen molar-refractivity contribution in [2.24, 2.45) is 5.92 Å². The quantitative estimate of drug-likeness (QED) is 0.527. The molecule has 2 aliphatic rings. The standard InChI is InChI=1S/C18H19NO4S3/c1-2-23-18(24)26-12(9-11-7-8-25-17(11)22)10-19-15(20)13-5-3-4-6-14(13)16(19)21/h3-6,11-12H,2,7-10H2,1H3. The van der Waals surface area contributed by atoms with E-state index in [9.17, 15) is 14.4 Å². The van der Waals surface area contributed by atoms with Crippen LogP contribution in [0.1, 0.15) is 40.5 Å². The molecule has 0 bridgehead atoms. The molecule has 2 atom stereocenters. The van der Waals surface area contributed by atoms with Crippen molar-refractivity contribution in [1.82, 2.24) is 4.90 Å². The van der Waals surface area contributed by atoms with Gasteiger partial charge in [-0.25, -0.2) is 0 Å². The summed E-state index contributed by atoms with van der Waals surface area (Å²) in [5.41, 5.74) is 0.863. The average Bonchev–Trinajstić information content (AvgIpc) is 3.12. The van der Waals surface area contributed by atoms with Crippen LogP contribution in [0.15, 0.2) is 24.3 Å². The van der Waals surface area contributed by atoms with Gasteiger partial charge in [0.2, 0.25) is 4.38 Å². The van der Waals surface area contributed by atoms with Crippen LogP contribution in [0.25, 0.3) is 0 Å². The highest BCUT2D eigenvalue weighted by atomic mass is 32.2. The molecular weight excluding hydrogens is 390 g/mol. The van der Waals surface area contributed by atoms with Gasteiger partial charge in [-0.05, 0) is 44.1 Å². The summed E-state index contributed by atoms with van der Waals surface area (Å²) in [7, 11) is 0. The van der Waals surface area contributed by atoms with E-state index in [0.29, 0.717) is 28.5 Å². The number of amides is 2. The summed E-state index contributed by atoms with van der Waals surface area (Å²) in [5.74, 6) is 0.192. The predicted molar refractivity (Wildman–Crippen MR) is 108 cm³/mol. The molecule has 5 nitrogen and oxygen atoms in total. The number of nitrogens with zero attached hydrogens (tertiary/aromatic N) is 1. The number of thiocarbonyl (C=S) groups is 1. The fourth-order valence-electron chi connectivity index (χ4n) is 3.13. The van der Waals surface area contributed by atoms with Crippen LogP contribution in [0.4, 0.5) is 0 Å². The lowest BCUT2D eigenvalue weighted by Crippen LogP contribution is -2.37. The molecule has 1 aromatic carbocycles. The molecule has 0 radical (unpaired) electrons. The summed E-state index contributed by atoms with van der Waals surface area (Å²) < 4.78 is 5.74. The van der Waals surface area contributed by atoms with Crippen molar-refractivity contribution < 1.29 is 19.1 Å². The van der Waals surface area contributed by atoms with Crippen LogP contribution >= 0.6 is 35.7 Å². The topological polar surface area (TPSA) is 63.7 Å². The van der Waals surface area contributed by atoms with E-state index in [2.05, 4.69) is 0 Å². The van der Waals surface area contributed by atoms with Gasteiger partial charge in [-0.2, -0.15) is 0 Å². The number of benzene rings is 1. The Balaban J connectivity index is 1.74. The zero-order chi connectivity index (χ0) is 18.7. The third kappa shape index (κ3) is 4.13. The van der Waals surface area contributed by atoms with Crippen molar-refractivity contribution in [2.75, 3.05) is 18.9 Å². The van der Waals surface area contributed by atoms with E-state index in [4.69, 9.17) is 17.0 Å². The maximum atomic E-state index is 12.6. The van der Waals surface area contributed by atoms with Crippen LogP contribution in [-0.2, 0) is 9.53 Å². The van der Waals surface area contributed by atoms with Crippen molar-refractivity contribution in [3.8, 4) is 0 Å². The number of carbonyl (C=O) groups excluding carboxylic acids is 3. The summed E-state index contributed by atoms with van der Waals surface area (Å²) >= 11 is 7.91. The lowest BCUT2D eigenvalue weighted by molar-refractivity contribution is -0.114. The molecule has 138 valence electrons. The SMILES string of the molecule is CCOC(=S)SC(CC1CCSC1=O)CN1C(=O)c2ccccc2C1=O. The molecule has 3 rings (SSSR count). The van der Waals surface area contributed by atoms with E-state index in [0.717, 1.165) is 12.2 Å². The molecule has 1 fully saturated rings. The Kier molecular flexibility index (Phi) is 6.37. The summed E-state index contributed by atoms with van der Waals surface area (Å²) in [6.07, 6.45) is 1.40. The van der Waals surface area contributed by atoms with E-state index in [1.807, 2.05) is 6.92 Å². The van der Waals surface area contributed by atoms with Gasteiger partial charge in [0.15, 0.2) is 5.12 Å². The number of hydrogen-bond acceptors (Lipinski definition) is 7. The van der Waals surface area contributed by atoms with Gasteiger partial charge in [-0.1, -0.05) is 35.7 Å². The van der Waals surface area contributed by atoms with Crippen molar-refractivity contribution in [1.29, 1.82) is 0 Å². The smallest absolute Gasteiger partial charge is 0.261 e. The van der Waals surface area contributed by atoms with Crippen molar-refractivity contribution >= 4 is 57.1 Å². The first kappa shape index (κ1) is 19.4. The third-order valence-electron chi connectivity index (χ3n) is 4.38. The molecule has 2 heterocycles. The van der Waals surface area contributed by atoms with Gasteiger partial charge in [-0.15, -0.1) is 0 Å². The van der Waals surface area contributed by atoms with E-state index in [1.54, 1.807) is 24.3 Å². The van der Waals surface area contributed by atoms with E-state index in [1.165, 1.54) is 28.4 Å². The number of rotatable bonds is 6. The van der Waals surface area contributed by atoms with Gasteiger partial charge in [0.05, 0.1) is 17.7 Å². The fourth-order valence-corrected chi connectivity index (χ4v) is 5.71. The molecular formula is C18H19NO4S3. The average molecular weight is 410 g/mol. The Morgan fingerprint density at radius 2 is 1.96 bits per heavy atom. The second-order valence-corrected chi connectivity index (χ2v) is 9.08.